The van der Waals surface area contributed by atoms with Crippen LogP contribution < -0.4 is 14.5 Å². The lowest BCUT2D eigenvalue weighted by molar-refractivity contribution is -0.274. The van der Waals surface area contributed by atoms with E-state index in [1.165, 1.54) is 18.2 Å². The highest BCUT2D eigenvalue weighted by Crippen LogP contribution is 2.25. The number of alkyl halides is 3. The van der Waals surface area contributed by atoms with Gasteiger partial charge >= 0.3 is 6.36 Å². The van der Waals surface area contributed by atoms with E-state index in [0.717, 1.165) is 49.6 Å². The molecule has 0 N–H and O–H groups in total. The second kappa shape index (κ2) is 9.22. The van der Waals surface area contributed by atoms with Gasteiger partial charge in [0.15, 0.2) is 11.6 Å². The number of benzene rings is 1. The number of amides is 1. The van der Waals surface area contributed by atoms with Gasteiger partial charge in [-0.1, -0.05) is 13.0 Å². The van der Waals surface area contributed by atoms with Crippen molar-refractivity contribution in [2.75, 3.05) is 49.1 Å². The number of carbonyl (C=O) groups excluding carboxylic acids is 1. The van der Waals surface area contributed by atoms with Crippen LogP contribution in [0.1, 0.15) is 30.1 Å². The van der Waals surface area contributed by atoms with Crippen molar-refractivity contribution >= 4 is 17.5 Å². The van der Waals surface area contributed by atoms with Crippen molar-refractivity contribution in [3.63, 3.8) is 0 Å². The maximum Gasteiger partial charge on any atom is 0.573 e. The number of halogens is 3. The van der Waals surface area contributed by atoms with Gasteiger partial charge in [0.25, 0.3) is 5.91 Å². The number of ether oxygens (including phenoxy) is 1. The van der Waals surface area contributed by atoms with Crippen LogP contribution in [0.4, 0.5) is 24.8 Å². The Morgan fingerprint density at radius 2 is 1.53 bits per heavy atom. The molecule has 4 rings (SSSR count). The van der Waals surface area contributed by atoms with E-state index < -0.39 is 12.1 Å². The number of carbonyl (C=O) groups is 1. The summed E-state index contributed by atoms with van der Waals surface area (Å²) >= 11 is 0. The van der Waals surface area contributed by atoms with Crippen LogP contribution in [0, 0.1) is 5.92 Å². The molecule has 10 heteroatoms. The van der Waals surface area contributed by atoms with Crippen LogP contribution in [0.5, 0.6) is 5.75 Å². The molecule has 0 saturated carbocycles. The first-order valence-corrected chi connectivity index (χ1v) is 10.8. The molecule has 3 heterocycles. The van der Waals surface area contributed by atoms with E-state index >= 15 is 0 Å². The Morgan fingerprint density at radius 3 is 2.09 bits per heavy atom. The number of hydrogen-bond donors (Lipinski definition) is 0. The van der Waals surface area contributed by atoms with E-state index in [4.69, 9.17) is 0 Å². The molecule has 2 fully saturated rings. The van der Waals surface area contributed by atoms with Crippen LogP contribution in [0.15, 0.2) is 36.4 Å². The van der Waals surface area contributed by atoms with Crippen LogP contribution >= 0.6 is 0 Å². The molecule has 0 atom stereocenters. The highest BCUT2D eigenvalue weighted by atomic mass is 19.4. The SMILES string of the molecule is CC1CCN(c2ccc(N3CCN(C(=O)c4cccc(OC(F)(F)F)c4)CC3)nn2)CC1. The fraction of sp³-hybridized carbons (Fsp3) is 0.500. The Kier molecular flexibility index (Phi) is 6.38. The molecule has 0 radical (unpaired) electrons. The standard InChI is InChI=1S/C22H26F3N5O2/c1-16-7-9-28(10-8-16)19-5-6-20(27-26-19)29-11-13-30(14-12-29)21(31)17-3-2-4-18(15-17)32-22(23,24)25/h2-6,15-16H,7-14H2,1H3. The summed E-state index contributed by atoms with van der Waals surface area (Å²) in [5, 5.41) is 8.77. The van der Waals surface area contributed by atoms with Gasteiger partial charge in [0, 0.05) is 44.8 Å². The third-order valence-corrected chi connectivity index (χ3v) is 5.95. The van der Waals surface area contributed by atoms with Crippen LogP contribution in [-0.4, -0.2) is 66.6 Å². The van der Waals surface area contributed by atoms with Gasteiger partial charge in [-0.25, -0.2) is 0 Å². The van der Waals surface area contributed by atoms with Crippen LogP contribution in [-0.2, 0) is 0 Å². The summed E-state index contributed by atoms with van der Waals surface area (Å²) in [7, 11) is 0. The van der Waals surface area contributed by atoms with Crippen LogP contribution in [0.3, 0.4) is 0 Å². The average molecular weight is 449 g/mol. The second-order valence-electron chi connectivity index (χ2n) is 8.27. The molecular formula is C22H26F3N5O2. The summed E-state index contributed by atoms with van der Waals surface area (Å²) < 4.78 is 41.2. The van der Waals surface area contributed by atoms with Crippen molar-refractivity contribution in [3.8, 4) is 5.75 Å². The Labute approximate surface area is 184 Å². The maximum atomic E-state index is 12.7. The van der Waals surface area contributed by atoms with Gasteiger partial charge in [-0.15, -0.1) is 23.4 Å². The summed E-state index contributed by atoms with van der Waals surface area (Å²) in [6, 6.07) is 9.11. The van der Waals surface area contributed by atoms with Gasteiger partial charge in [0.05, 0.1) is 0 Å². The van der Waals surface area contributed by atoms with Crippen molar-refractivity contribution in [3.05, 3.63) is 42.0 Å². The monoisotopic (exact) mass is 449 g/mol. The normalized spacial score (nSPS) is 18.1. The lowest BCUT2D eigenvalue weighted by Gasteiger charge is -2.35. The Bertz CT molecular complexity index is 922. The first kappa shape index (κ1) is 22.2. The molecule has 1 amide bonds. The first-order valence-electron chi connectivity index (χ1n) is 10.8. The number of hydrogen-bond acceptors (Lipinski definition) is 6. The molecule has 32 heavy (non-hydrogen) atoms. The Balaban J connectivity index is 1.33. The lowest BCUT2D eigenvalue weighted by Crippen LogP contribution is -2.49. The van der Waals surface area contributed by atoms with Crippen LogP contribution in [0.25, 0.3) is 0 Å². The van der Waals surface area contributed by atoms with E-state index in [0.29, 0.717) is 26.2 Å². The third kappa shape index (κ3) is 5.41. The van der Waals surface area contributed by atoms with E-state index in [-0.39, 0.29) is 11.5 Å². The zero-order chi connectivity index (χ0) is 22.7. The number of piperidine rings is 1. The van der Waals surface area contributed by atoms with E-state index in [2.05, 4.69) is 31.7 Å². The summed E-state index contributed by atoms with van der Waals surface area (Å²) in [5.41, 5.74) is 0.167. The van der Waals surface area contributed by atoms with Gasteiger partial charge in [0.1, 0.15) is 5.75 Å². The summed E-state index contributed by atoms with van der Waals surface area (Å²) in [5.74, 6) is 1.66. The molecule has 2 aliphatic heterocycles. The minimum atomic E-state index is -4.80. The molecule has 1 aromatic heterocycles. The van der Waals surface area contributed by atoms with Gasteiger partial charge < -0.3 is 19.4 Å². The van der Waals surface area contributed by atoms with E-state index in [9.17, 15) is 18.0 Å². The first-order chi connectivity index (χ1) is 15.3. The topological polar surface area (TPSA) is 61.8 Å². The number of anilines is 2. The lowest BCUT2D eigenvalue weighted by atomic mass is 9.99. The number of rotatable bonds is 4. The van der Waals surface area contributed by atoms with E-state index in [1.54, 1.807) is 4.90 Å². The van der Waals surface area contributed by atoms with Crippen molar-refractivity contribution < 1.29 is 22.7 Å². The fourth-order valence-corrected chi connectivity index (χ4v) is 4.04. The zero-order valence-electron chi connectivity index (χ0n) is 17.9. The van der Waals surface area contributed by atoms with Crippen LogP contribution in [0.2, 0.25) is 0 Å². The highest BCUT2D eigenvalue weighted by molar-refractivity contribution is 5.94. The molecule has 0 spiro atoms. The maximum absolute atomic E-state index is 12.7. The van der Waals surface area contributed by atoms with Gasteiger partial charge in [-0.2, -0.15) is 0 Å². The number of piperazine rings is 1. The molecule has 0 bridgehead atoms. The molecule has 2 aliphatic rings. The van der Waals surface area contributed by atoms with E-state index in [1.807, 2.05) is 12.1 Å². The number of aromatic nitrogens is 2. The molecule has 172 valence electrons. The van der Waals surface area contributed by atoms with Crippen molar-refractivity contribution in [1.29, 1.82) is 0 Å². The van der Waals surface area contributed by atoms with Crippen molar-refractivity contribution in [2.24, 2.45) is 5.92 Å². The third-order valence-electron chi connectivity index (χ3n) is 5.95. The predicted octanol–water partition coefficient (Wildman–Crippen LogP) is 3.57. The average Bonchev–Trinajstić information content (AvgIpc) is 2.78. The van der Waals surface area contributed by atoms with Gasteiger partial charge in [-0.05, 0) is 49.1 Å². The second-order valence-corrected chi connectivity index (χ2v) is 8.27. The Hall–Kier alpha value is -3.04. The molecule has 0 unspecified atom stereocenters. The smallest absolute Gasteiger partial charge is 0.406 e. The summed E-state index contributed by atoms with van der Waals surface area (Å²) in [6.07, 6.45) is -2.48. The summed E-state index contributed by atoms with van der Waals surface area (Å²) in [6.45, 7) is 6.27. The largest absolute Gasteiger partial charge is 0.573 e. The molecule has 1 aromatic carbocycles. The van der Waals surface area contributed by atoms with Crippen molar-refractivity contribution in [1.82, 2.24) is 15.1 Å². The highest BCUT2D eigenvalue weighted by Gasteiger charge is 2.31. The Morgan fingerprint density at radius 1 is 0.938 bits per heavy atom. The van der Waals surface area contributed by atoms with Gasteiger partial charge in [-0.3, -0.25) is 4.79 Å². The van der Waals surface area contributed by atoms with Crippen molar-refractivity contribution in [2.45, 2.75) is 26.1 Å². The molecule has 0 aliphatic carbocycles. The minimum Gasteiger partial charge on any atom is -0.406 e. The predicted molar refractivity (Wildman–Crippen MR) is 114 cm³/mol. The van der Waals surface area contributed by atoms with Gasteiger partial charge in [0.2, 0.25) is 0 Å². The molecule has 2 aromatic rings. The quantitative estimate of drug-likeness (QED) is 0.711. The fourth-order valence-electron chi connectivity index (χ4n) is 4.04. The molecule has 7 nitrogen and oxygen atoms in total. The number of nitrogens with zero attached hydrogens (tertiary/aromatic N) is 5. The summed E-state index contributed by atoms with van der Waals surface area (Å²) in [4.78, 5) is 18.7. The zero-order valence-corrected chi connectivity index (χ0v) is 17.9. The minimum absolute atomic E-state index is 0.167. The molecule has 2 saturated heterocycles. The molecular weight excluding hydrogens is 423 g/mol.